The van der Waals surface area contributed by atoms with Crippen LogP contribution in [0.2, 0.25) is 0 Å². The Morgan fingerprint density at radius 3 is 2.75 bits per heavy atom. The van der Waals surface area contributed by atoms with Crippen molar-refractivity contribution in [2.24, 2.45) is 5.92 Å². The molecule has 24 heavy (non-hydrogen) atoms. The number of amides is 3. The van der Waals surface area contributed by atoms with E-state index < -0.39 is 0 Å². The van der Waals surface area contributed by atoms with Gasteiger partial charge in [0.2, 0.25) is 5.91 Å². The summed E-state index contributed by atoms with van der Waals surface area (Å²) in [6.45, 7) is 8.50. The van der Waals surface area contributed by atoms with Gasteiger partial charge in [-0.2, -0.15) is 0 Å². The number of likely N-dealkylation sites (tertiary alicyclic amines) is 1. The number of nitrogens with one attached hydrogen (secondary N) is 2. The van der Waals surface area contributed by atoms with Gasteiger partial charge in [0.05, 0.1) is 11.7 Å². The molecule has 0 spiro atoms. The Hall–Kier alpha value is -2.05. The summed E-state index contributed by atoms with van der Waals surface area (Å²) in [5.74, 6) is 1.53. The molecule has 7 nitrogen and oxygen atoms in total. The minimum atomic E-state index is -0.224. The van der Waals surface area contributed by atoms with Crippen LogP contribution in [0.5, 0.6) is 0 Å². The van der Waals surface area contributed by atoms with E-state index in [1.807, 2.05) is 25.7 Å². The Morgan fingerprint density at radius 2 is 2.17 bits per heavy atom. The summed E-state index contributed by atoms with van der Waals surface area (Å²) in [6.07, 6.45) is 2.15. The van der Waals surface area contributed by atoms with Crippen LogP contribution in [0.1, 0.15) is 43.7 Å². The van der Waals surface area contributed by atoms with Gasteiger partial charge in [-0.3, -0.25) is 4.79 Å². The summed E-state index contributed by atoms with van der Waals surface area (Å²) in [6, 6.07) is 0.0126. The first kappa shape index (κ1) is 16.8. The number of rotatable bonds is 5. The van der Waals surface area contributed by atoms with Crippen LogP contribution in [0.25, 0.3) is 0 Å². The van der Waals surface area contributed by atoms with Gasteiger partial charge in [-0.1, -0.05) is 12.1 Å². The predicted molar refractivity (Wildman–Crippen MR) is 88.5 cm³/mol. The number of hydrogen-bond donors (Lipinski definition) is 2. The van der Waals surface area contributed by atoms with Crippen LogP contribution in [0.15, 0.2) is 4.52 Å². The Kier molecular flexibility index (Phi) is 4.51. The molecule has 1 aromatic heterocycles. The molecular weight excluding hydrogens is 308 g/mol. The van der Waals surface area contributed by atoms with Crippen LogP contribution >= 0.6 is 0 Å². The second-order valence-corrected chi connectivity index (χ2v) is 7.25. The lowest BCUT2D eigenvalue weighted by atomic mass is 10.1. The van der Waals surface area contributed by atoms with Gasteiger partial charge in [0, 0.05) is 30.6 Å². The minimum Gasteiger partial charge on any atom is -0.361 e. The van der Waals surface area contributed by atoms with E-state index in [9.17, 15) is 9.59 Å². The highest BCUT2D eigenvalue weighted by Gasteiger charge is 2.44. The van der Waals surface area contributed by atoms with Crippen LogP contribution in [0.4, 0.5) is 4.79 Å². The second kappa shape index (κ2) is 6.45. The molecule has 0 unspecified atom stereocenters. The van der Waals surface area contributed by atoms with E-state index >= 15 is 0 Å². The summed E-state index contributed by atoms with van der Waals surface area (Å²) >= 11 is 0. The third-order valence-corrected chi connectivity index (χ3v) is 5.03. The molecule has 7 heteroatoms. The number of nitrogens with zero attached hydrogens (tertiary/aromatic N) is 2. The van der Waals surface area contributed by atoms with Crippen molar-refractivity contribution >= 4 is 11.9 Å². The minimum absolute atomic E-state index is 0.0431. The highest BCUT2D eigenvalue weighted by atomic mass is 16.5. The molecule has 0 aromatic carbocycles. The van der Waals surface area contributed by atoms with E-state index in [1.54, 1.807) is 0 Å². The Balaban J connectivity index is 1.46. The smallest absolute Gasteiger partial charge is 0.315 e. The fourth-order valence-electron chi connectivity index (χ4n) is 3.49. The Labute approximate surface area is 142 Å². The molecule has 132 valence electrons. The van der Waals surface area contributed by atoms with Gasteiger partial charge in [0.15, 0.2) is 0 Å². The predicted octanol–water partition coefficient (Wildman–Crippen LogP) is 1.53. The van der Waals surface area contributed by atoms with Gasteiger partial charge >= 0.3 is 6.03 Å². The lowest BCUT2D eigenvalue weighted by Crippen LogP contribution is -2.47. The quantitative estimate of drug-likeness (QED) is 0.855. The van der Waals surface area contributed by atoms with E-state index in [2.05, 4.69) is 22.7 Å². The zero-order valence-corrected chi connectivity index (χ0v) is 14.8. The average molecular weight is 334 g/mol. The van der Waals surface area contributed by atoms with Crippen molar-refractivity contribution in [2.45, 2.75) is 65.1 Å². The normalized spacial score (nSPS) is 27.2. The van der Waals surface area contributed by atoms with Crippen LogP contribution < -0.4 is 10.6 Å². The number of aromatic nitrogens is 1. The molecule has 0 bridgehead atoms. The molecule has 2 N–H and O–H groups in total. The fourth-order valence-corrected chi connectivity index (χ4v) is 3.49. The molecule has 1 aliphatic carbocycles. The van der Waals surface area contributed by atoms with Crippen molar-refractivity contribution in [1.29, 1.82) is 0 Å². The molecule has 1 aromatic rings. The third kappa shape index (κ3) is 3.55. The van der Waals surface area contributed by atoms with Crippen LogP contribution in [-0.2, 0) is 11.2 Å². The number of urea groups is 1. The highest BCUT2D eigenvalue weighted by molar-refractivity contribution is 5.82. The van der Waals surface area contributed by atoms with Crippen molar-refractivity contribution in [2.75, 3.05) is 6.54 Å². The number of hydrogen-bond acceptors (Lipinski definition) is 4. The summed E-state index contributed by atoms with van der Waals surface area (Å²) in [4.78, 5) is 26.1. The second-order valence-electron chi connectivity index (χ2n) is 7.25. The summed E-state index contributed by atoms with van der Waals surface area (Å²) in [5, 5.41) is 9.79. The maximum Gasteiger partial charge on any atom is 0.315 e. The fraction of sp³-hybridized carbons (Fsp3) is 0.706. The Morgan fingerprint density at radius 1 is 1.46 bits per heavy atom. The number of aryl methyl sites for hydroxylation is 2. The van der Waals surface area contributed by atoms with Gasteiger partial charge < -0.3 is 20.1 Å². The van der Waals surface area contributed by atoms with E-state index in [0.717, 1.165) is 23.4 Å². The lowest BCUT2D eigenvalue weighted by molar-refractivity contribution is -0.128. The topological polar surface area (TPSA) is 87.5 Å². The molecular formula is C17H26N4O3. The third-order valence-electron chi connectivity index (χ3n) is 5.03. The zero-order valence-electron chi connectivity index (χ0n) is 14.8. The van der Waals surface area contributed by atoms with Crippen molar-refractivity contribution in [3.8, 4) is 0 Å². The molecule has 0 radical (unpaired) electrons. The summed E-state index contributed by atoms with van der Waals surface area (Å²) in [5.41, 5.74) is 1.89. The van der Waals surface area contributed by atoms with Gasteiger partial charge in [-0.15, -0.1) is 0 Å². The first-order chi connectivity index (χ1) is 11.3. The van der Waals surface area contributed by atoms with Gasteiger partial charge in [-0.25, -0.2) is 4.79 Å². The van der Waals surface area contributed by atoms with Crippen LogP contribution in [-0.4, -0.2) is 46.7 Å². The average Bonchev–Trinajstić information content (AvgIpc) is 2.99. The zero-order chi connectivity index (χ0) is 17.4. The van der Waals surface area contributed by atoms with Gasteiger partial charge in [-0.05, 0) is 39.5 Å². The highest BCUT2D eigenvalue weighted by Crippen LogP contribution is 2.37. The van der Waals surface area contributed by atoms with Crippen molar-refractivity contribution in [3.05, 3.63) is 17.0 Å². The largest absolute Gasteiger partial charge is 0.361 e. The lowest BCUT2D eigenvalue weighted by Gasteiger charge is -2.19. The molecule has 2 fully saturated rings. The van der Waals surface area contributed by atoms with Crippen molar-refractivity contribution in [1.82, 2.24) is 20.7 Å². The van der Waals surface area contributed by atoms with E-state index in [0.29, 0.717) is 31.3 Å². The monoisotopic (exact) mass is 334 g/mol. The maximum atomic E-state index is 12.2. The van der Waals surface area contributed by atoms with Gasteiger partial charge in [0.1, 0.15) is 5.76 Å². The number of carbonyl (C=O) groups is 2. The molecule has 2 heterocycles. The van der Waals surface area contributed by atoms with Crippen molar-refractivity contribution in [3.63, 3.8) is 0 Å². The van der Waals surface area contributed by atoms with E-state index in [-0.39, 0.29) is 24.0 Å². The number of carbonyl (C=O) groups excluding carboxylic acids is 2. The van der Waals surface area contributed by atoms with E-state index in [1.165, 1.54) is 0 Å². The van der Waals surface area contributed by atoms with Crippen molar-refractivity contribution < 1.29 is 14.1 Å². The van der Waals surface area contributed by atoms with Crippen LogP contribution in [0, 0.1) is 19.8 Å². The summed E-state index contributed by atoms with van der Waals surface area (Å²) in [7, 11) is 0. The maximum absolute atomic E-state index is 12.2. The molecule has 3 rings (SSSR count). The van der Waals surface area contributed by atoms with Crippen LogP contribution in [0.3, 0.4) is 0 Å². The van der Waals surface area contributed by atoms with Gasteiger partial charge in [0.25, 0.3) is 0 Å². The molecule has 1 aliphatic heterocycles. The standard InChI is InChI=1S/C17H26N4O3/c1-9-5-15(9)21-8-13(7-16(21)22)19-17(23)18-10(2)6-14-11(3)20-24-12(14)4/h9-10,13,15H,5-8H2,1-4H3,(H2,18,19,23)/t9-,10+,13-,15-/m1/s1. The molecule has 3 amide bonds. The molecule has 1 saturated carbocycles. The van der Waals surface area contributed by atoms with E-state index in [4.69, 9.17) is 4.52 Å². The molecule has 4 atom stereocenters. The Bertz CT molecular complexity index is 622. The summed E-state index contributed by atoms with van der Waals surface area (Å²) < 4.78 is 5.15. The SMILES string of the molecule is Cc1noc(C)c1C[C@H](C)NC(=O)N[C@@H]1CC(=O)N([C@@H]2C[C@H]2C)C1. The molecule has 2 aliphatic rings. The first-order valence-electron chi connectivity index (χ1n) is 8.63. The first-order valence-corrected chi connectivity index (χ1v) is 8.63. The molecule has 1 saturated heterocycles.